The third-order valence-electron chi connectivity index (χ3n) is 3.16. The first-order valence-corrected chi connectivity index (χ1v) is 6.52. The molecule has 0 N–H and O–H groups in total. The summed E-state index contributed by atoms with van der Waals surface area (Å²) in [6.45, 7) is 5.08. The van der Waals surface area contributed by atoms with Crippen LogP contribution < -0.4 is 0 Å². The van der Waals surface area contributed by atoms with E-state index in [1.807, 2.05) is 6.92 Å². The number of ketones is 1. The number of hydrogen-bond acceptors (Lipinski definition) is 4. The Bertz CT molecular complexity index is 265. The molecule has 1 unspecified atom stereocenters. The Kier molecular flexibility index (Phi) is 6.19. The molecule has 1 fully saturated rings. The van der Waals surface area contributed by atoms with Gasteiger partial charge in [-0.25, -0.2) is 0 Å². The van der Waals surface area contributed by atoms with Crippen molar-refractivity contribution in [2.75, 3.05) is 19.7 Å². The number of ether oxygens (including phenoxy) is 1. The number of likely N-dealkylation sites (tertiary alicyclic amines) is 1. The normalized spacial score (nSPS) is 21.9. The van der Waals surface area contributed by atoms with Crippen LogP contribution in [0.15, 0.2) is 0 Å². The average Bonchev–Trinajstić information content (AvgIpc) is 2.44. The van der Waals surface area contributed by atoms with Gasteiger partial charge in [0, 0.05) is 12.5 Å². The number of nitrogens with zero attached hydrogens (tertiary/aromatic N) is 1. The fourth-order valence-electron chi connectivity index (χ4n) is 2.38. The maximum atomic E-state index is 11.5. The minimum atomic E-state index is -0.178. The summed E-state index contributed by atoms with van der Waals surface area (Å²) in [5.41, 5.74) is 0. The van der Waals surface area contributed by atoms with Crippen LogP contribution in [0.25, 0.3) is 0 Å². The number of esters is 1. The Hall–Kier alpha value is -0.900. The van der Waals surface area contributed by atoms with Gasteiger partial charge in [-0.05, 0) is 33.2 Å². The van der Waals surface area contributed by atoms with E-state index in [0.29, 0.717) is 19.6 Å². The molecule has 17 heavy (non-hydrogen) atoms. The average molecular weight is 241 g/mol. The van der Waals surface area contributed by atoms with Crippen LogP contribution in [0.5, 0.6) is 0 Å². The van der Waals surface area contributed by atoms with Gasteiger partial charge in [-0.1, -0.05) is 12.8 Å². The summed E-state index contributed by atoms with van der Waals surface area (Å²) in [5.74, 6) is 0.0220. The number of Topliss-reactive ketones (excluding diaryl/α,β-unsaturated/α-hetero) is 1. The van der Waals surface area contributed by atoms with E-state index in [1.54, 1.807) is 6.92 Å². The molecule has 0 spiro atoms. The van der Waals surface area contributed by atoms with Crippen LogP contribution in [0.2, 0.25) is 0 Å². The second-order valence-electron chi connectivity index (χ2n) is 4.68. The SMILES string of the molecule is CCOC(=O)CN1CCCCCC1CC(C)=O. The summed E-state index contributed by atoms with van der Waals surface area (Å²) in [5, 5.41) is 0. The van der Waals surface area contributed by atoms with Gasteiger partial charge in [0.05, 0.1) is 13.2 Å². The van der Waals surface area contributed by atoms with E-state index in [9.17, 15) is 9.59 Å². The highest BCUT2D eigenvalue weighted by Crippen LogP contribution is 2.19. The van der Waals surface area contributed by atoms with Crippen molar-refractivity contribution in [1.29, 1.82) is 0 Å². The van der Waals surface area contributed by atoms with E-state index in [0.717, 1.165) is 25.8 Å². The van der Waals surface area contributed by atoms with Crippen molar-refractivity contribution >= 4 is 11.8 Å². The highest BCUT2D eigenvalue weighted by atomic mass is 16.5. The molecule has 0 bridgehead atoms. The quantitative estimate of drug-likeness (QED) is 0.688. The van der Waals surface area contributed by atoms with E-state index in [-0.39, 0.29) is 17.8 Å². The van der Waals surface area contributed by atoms with Crippen LogP contribution in [-0.2, 0) is 14.3 Å². The van der Waals surface area contributed by atoms with Crippen molar-refractivity contribution < 1.29 is 14.3 Å². The number of hydrogen-bond donors (Lipinski definition) is 0. The van der Waals surface area contributed by atoms with Gasteiger partial charge in [0.2, 0.25) is 0 Å². The van der Waals surface area contributed by atoms with Gasteiger partial charge in [0.1, 0.15) is 5.78 Å². The van der Waals surface area contributed by atoms with Crippen molar-refractivity contribution in [2.45, 2.75) is 52.0 Å². The van der Waals surface area contributed by atoms with Crippen LogP contribution >= 0.6 is 0 Å². The highest BCUT2D eigenvalue weighted by Gasteiger charge is 2.24. The molecule has 1 heterocycles. The summed E-state index contributed by atoms with van der Waals surface area (Å²) >= 11 is 0. The summed E-state index contributed by atoms with van der Waals surface area (Å²) in [4.78, 5) is 24.9. The third-order valence-corrected chi connectivity index (χ3v) is 3.16. The Balaban J connectivity index is 2.55. The lowest BCUT2D eigenvalue weighted by Crippen LogP contribution is -2.40. The molecular weight excluding hydrogens is 218 g/mol. The summed E-state index contributed by atoms with van der Waals surface area (Å²) in [7, 11) is 0. The first-order valence-electron chi connectivity index (χ1n) is 6.52. The van der Waals surface area contributed by atoms with Crippen LogP contribution in [0.3, 0.4) is 0 Å². The Morgan fingerprint density at radius 3 is 2.71 bits per heavy atom. The van der Waals surface area contributed by atoms with E-state index in [4.69, 9.17) is 4.74 Å². The van der Waals surface area contributed by atoms with Gasteiger partial charge in [0.25, 0.3) is 0 Å². The molecular formula is C13H23NO3. The zero-order valence-corrected chi connectivity index (χ0v) is 10.9. The number of carbonyl (C=O) groups is 2. The van der Waals surface area contributed by atoms with Gasteiger partial charge in [-0.15, -0.1) is 0 Å². The fraction of sp³-hybridized carbons (Fsp3) is 0.846. The van der Waals surface area contributed by atoms with E-state index in [2.05, 4.69) is 4.90 Å². The van der Waals surface area contributed by atoms with Crippen molar-refractivity contribution in [2.24, 2.45) is 0 Å². The number of carbonyl (C=O) groups excluding carboxylic acids is 2. The molecule has 0 aliphatic carbocycles. The molecule has 4 heteroatoms. The fourth-order valence-corrected chi connectivity index (χ4v) is 2.38. The first kappa shape index (κ1) is 14.2. The van der Waals surface area contributed by atoms with E-state index >= 15 is 0 Å². The lowest BCUT2D eigenvalue weighted by molar-refractivity contribution is -0.145. The van der Waals surface area contributed by atoms with Crippen LogP contribution in [-0.4, -0.2) is 42.4 Å². The lowest BCUT2D eigenvalue weighted by atomic mass is 10.0. The van der Waals surface area contributed by atoms with Crippen LogP contribution in [0.4, 0.5) is 0 Å². The van der Waals surface area contributed by atoms with E-state index in [1.165, 1.54) is 6.42 Å². The smallest absolute Gasteiger partial charge is 0.320 e. The summed E-state index contributed by atoms with van der Waals surface area (Å²) < 4.78 is 4.97. The van der Waals surface area contributed by atoms with Crippen molar-refractivity contribution in [3.63, 3.8) is 0 Å². The minimum absolute atomic E-state index is 0.178. The van der Waals surface area contributed by atoms with Crippen LogP contribution in [0, 0.1) is 0 Å². The molecule has 4 nitrogen and oxygen atoms in total. The first-order chi connectivity index (χ1) is 8.13. The Morgan fingerprint density at radius 1 is 1.29 bits per heavy atom. The molecule has 0 saturated carbocycles. The van der Waals surface area contributed by atoms with E-state index < -0.39 is 0 Å². The molecule has 1 rings (SSSR count). The van der Waals surface area contributed by atoms with Crippen LogP contribution in [0.1, 0.15) is 46.0 Å². The van der Waals surface area contributed by atoms with Crippen molar-refractivity contribution in [1.82, 2.24) is 4.90 Å². The molecule has 0 aromatic carbocycles. The zero-order valence-electron chi connectivity index (χ0n) is 10.9. The lowest BCUT2D eigenvalue weighted by Gasteiger charge is -2.28. The third kappa shape index (κ3) is 5.31. The second kappa shape index (κ2) is 7.43. The van der Waals surface area contributed by atoms with Crippen molar-refractivity contribution in [3.05, 3.63) is 0 Å². The van der Waals surface area contributed by atoms with Gasteiger partial charge in [0.15, 0.2) is 0 Å². The minimum Gasteiger partial charge on any atom is -0.465 e. The number of rotatable bonds is 5. The molecule has 0 aromatic rings. The predicted molar refractivity (Wildman–Crippen MR) is 65.8 cm³/mol. The highest BCUT2D eigenvalue weighted by molar-refractivity contribution is 5.76. The van der Waals surface area contributed by atoms with Gasteiger partial charge in [-0.2, -0.15) is 0 Å². The molecule has 0 amide bonds. The maximum absolute atomic E-state index is 11.5. The second-order valence-corrected chi connectivity index (χ2v) is 4.68. The predicted octanol–water partition coefficient (Wildman–Crippen LogP) is 1.77. The summed E-state index contributed by atoms with van der Waals surface area (Å²) in [6, 6.07) is 0.222. The van der Waals surface area contributed by atoms with Crippen molar-refractivity contribution in [3.8, 4) is 0 Å². The molecule has 1 aliphatic heterocycles. The largest absolute Gasteiger partial charge is 0.465 e. The molecule has 1 atom stereocenters. The standard InChI is InChI=1S/C13H23NO3/c1-3-17-13(16)10-14-8-6-4-5-7-12(14)9-11(2)15/h12H,3-10H2,1-2H3. The van der Waals surface area contributed by atoms with Gasteiger partial charge < -0.3 is 4.74 Å². The molecule has 0 aromatic heterocycles. The van der Waals surface area contributed by atoms with Gasteiger partial charge in [-0.3, -0.25) is 14.5 Å². The molecule has 98 valence electrons. The monoisotopic (exact) mass is 241 g/mol. The maximum Gasteiger partial charge on any atom is 0.320 e. The Labute approximate surface area is 103 Å². The summed E-state index contributed by atoms with van der Waals surface area (Å²) in [6.07, 6.45) is 5.01. The topological polar surface area (TPSA) is 46.6 Å². The Morgan fingerprint density at radius 2 is 2.06 bits per heavy atom. The molecule has 1 aliphatic rings. The zero-order chi connectivity index (χ0) is 12.7. The molecule has 1 saturated heterocycles. The van der Waals surface area contributed by atoms with Gasteiger partial charge >= 0.3 is 5.97 Å². The molecule has 0 radical (unpaired) electrons.